The Bertz CT molecular complexity index is 457. The van der Waals surface area contributed by atoms with Crippen molar-refractivity contribution >= 4 is 31.3 Å². The smallest absolute Gasteiger partial charge is 0.212 e. The molecule has 0 aliphatic heterocycles. The van der Waals surface area contributed by atoms with Crippen molar-refractivity contribution in [3.63, 3.8) is 0 Å². The summed E-state index contributed by atoms with van der Waals surface area (Å²) in [6.07, 6.45) is 0. The number of halogens is 3. The summed E-state index contributed by atoms with van der Waals surface area (Å²) in [7, 11) is 1.25. The first-order valence-corrected chi connectivity index (χ1v) is 6.52. The van der Waals surface area contributed by atoms with Gasteiger partial charge in [0.25, 0.3) is 0 Å². The molecule has 0 saturated heterocycles. The Balaban J connectivity index is 3.22. The highest BCUT2D eigenvalue weighted by Gasteiger charge is 2.14. The molecule has 0 spiro atoms. The highest BCUT2D eigenvalue weighted by atomic mass is 35.7. The van der Waals surface area contributed by atoms with Crippen LogP contribution in [0.3, 0.4) is 0 Å². The van der Waals surface area contributed by atoms with Crippen LogP contribution in [0, 0.1) is 12.7 Å². The number of hydrogen-bond donors (Lipinski definition) is 0. The molecule has 14 heavy (non-hydrogen) atoms. The number of rotatable bonds is 2. The average molecular weight is 257 g/mol. The third-order valence-electron chi connectivity index (χ3n) is 1.58. The maximum Gasteiger partial charge on any atom is 0.236 e. The first-order chi connectivity index (χ1) is 6.29. The summed E-state index contributed by atoms with van der Waals surface area (Å²) < 4.78 is 34.7. The molecule has 1 rings (SSSR count). The molecule has 0 saturated carbocycles. The topological polar surface area (TPSA) is 34.1 Å². The third-order valence-corrected chi connectivity index (χ3v) is 2.83. The largest absolute Gasteiger partial charge is 0.236 e. The molecule has 0 unspecified atom stereocenters. The summed E-state index contributed by atoms with van der Waals surface area (Å²) in [5.74, 6) is -1.29. The van der Waals surface area contributed by atoms with Gasteiger partial charge in [0.2, 0.25) is 9.05 Å². The minimum Gasteiger partial charge on any atom is -0.212 e. The minimum atomic E-state index is -3.76. The van der Waals surface area contributed by atoms with Gasteiger partial charge in [-0.1, -0.05) is 17.7 Å². The van der Waals surface area contributed by atoms with E-state index in [1.165, 1.54) is 12.1 Å². The monoisotopic (exact) mass is 256 g/mol. The Labute approximate surface area is 91.1 Å². The Hall–Kier alpha value is -0.320. The molecule has 0 aliphatic carbocycles. The third kappa shape index (κ3) is 3.12. The molecule has 0 aliphatic rings. The van der Waals surface area contributed by atoms with Gasteiger partial charge >= 0.3 is 0 Å². The van der Waals surface area contributed by atoms with Gasteiger partial charge in [-0.05, 0) is 18.6 Å². The lowest BCUT2D eigenvalue weighted by atomic mass is 10.1. The van der Waals surface area contributed by atoms with Gasteiger partial charge in [0, 0.05) is 16.2 Å². The van der Waals surface area contributed by atoms with E-state index in [1.807, 2.05) is 0 Å². The van der Waals surface area contributed by atoms with Crippen LogP contribution in [0.2, 0.25) is 5.02 Å². The molecule has 0 fully saturated rings. The first-order valence-electron chi connectivity index (χ1n) is 3.66. The van der Waals surface area contributed by atoms with Crippen molar-refractivity contribution in [2.75, 3.05) is 0 Å². The molecule has 0 bridgehead atoms. The molecule has 0 heterocycles. The van der Waals surface area contributed by atoms with Crippen molar-refractivity contribution in [2.24, 2.45) is 0 Å². The standard InChI is InChI=1S/C8H7Cl2FO2S/c1-5-2-6(4-14(10,12)13)8(11)7(9)3-5/h2-3H,4H2,1H3. The van der Waals surface area contributed by atoms with Gasteiger partial charge in [-0.15, -0.1) is 0 Å². The van der Waals surface area contributed by atoms with Crippen LogP contribution < -0.4 is 0 Å². The molecule has 1 aromatic rings. The molecule has 0 N–H and O–H groups in total. The predicted octanol–water partition coefficient (Wildman–Crippen LogP) is 2.86. The first kappa shape index (κ1) is 11.8. The maximum atomic E-state index is 13.3. The molecular formula is C8H7Cl2FO2S. The van der Waals surface area contributed by atoms with Crippen LogP contribution in [0.15, 0.2) is 12.1 Å². The van der Waals surface area contributed by atoms with E-state index >= 15 is 0 Å². The zero-order chi connectivity index (χ0) is 10.9. The summed E-state index contributed by atoms with van der Waals surface area (Å²) in [6.45, 7) is 1.69. The second-order valence-electron chi connectivity index (χ2n) is 2.90. The lowest BCUT2D eigenvalue weighted by molar-refractivity contribution is 0.597. The van der Waals surface area contributed by atoms with Crippen molar-refractivity contribution in [1.29, 1.82) is 0 Å². The predicted molar refractivity (Wildman–Crippen MR) is 54.6 cm³/mol. The van der Waals surface area contributed by atoms with Crippen molar-refractivity contribution in [3.05, 3.63) is 34.1 Å². The molecular weight excluding hydrogens is 250 g/mol. The molecule has 0 amide bonds. The average Bonchev–Trinajstić information content (AvgIpc) is 1.96. The van der Waals surface area contributed by atoms with Gasteiger partial charge in [-0.25, -0.2) is 12.8 Å². The van der Waals surface area contributed by atoms with Gasteiger partial charge < -0.3 is 0 Å². The van der Waals surface area contributed by atoms with E-state index in [0.29, 0.717) is 5.56 Å². The quantitative estimate of drug-likeness (QED) is 0.763. The fourth-order valence-corrected chi connectivity index (χ4v) is 2.31. The Morgan fingerprint density at radius 3 is 2.50 bits per heavy atom. The van der Waals surface area contributed by atoms with Gasteiger partial charge in [-0.2, -0.15) is 0 Å². The minimum absolute atomic E-state index is 0.00926. The Kier molecular flexibility index (Phi) is 3.40. The van der Waals surface area contributed by atoms with Gasteiger partial charge in [0.1, 0.15) is 5.82 Å². The van der Waals surface area contributed by atoms with Crippen LogP contribution in [0.4, 0.5) is 4.39 Å². The van der Waals surface area contributed by atoms with E-state index in [2.05, 4.69) is 0 Å². The highest BCUT2D eigenvalue weighted by molar-refractivity contribution is 8.13. The SMILES string of the molecule is Cc1cc(Cl)c(F)c(CS(=O)(=O)Cl)c1. The van der Waals surface area contributed by atoms with E-state index in [-0.39, 0.29) is 10.6 Å². The second kappa shape index (κ2) is 4.04. The van der Waals surface area contributed by atoms with Gasteiger partial charge in [-0.3, -0.25) is 0 Å². The normalized spacial score (nSPS) is 11.7. The molecule has 2 nitrogen and oxygen atoms in total. The zero-order valence-electron chi connectivity index (χ0n) is 7.22. The Morgan fingerprint density at radius 2 is 2.00 bits per heavy atom. The zero-order valence-corrected chi connectivity index (χ0v) is 9.55. The molecule has 0 radical (unpaired) electrons. The van der Waals surface area contributed by atoms with E-state index in [1.54, 1.807) is 6.92 Å². The fourth-order valence-electron chi connectivity index (χ4n) is 1.09. The number of benzene rings is 1. The molecule has 78 valence electrons. The van der Waals surface area contributed by atoms with Gasteiger partial charge in [0.05, 0.1) is 10.8 Å². The Morgan fingerprint density at radius 1 is 1.43 bits per heavy atom. The molecule has 0 atom stereocenters. The number of hydrogen-bond acceptors (Lipinski definition) is 2. The van der Waals surface area contributed by atoms with Crippen LogP contribution in [-0.2, 0) is 14.8 Å². The summed E-state index contributed by atoms with van der Waals surface area (Å²) in [6, 6.07) is 2.82. The van der Waals surface area contributed by atoms with Crippen LogP contribution >= 0.6 is 22.3 Å². The van der Waals surface area contributed by atoms with Crippen molar-refractivity contribution in [2.45, 2.75) is 12.7 Å². The van der Waals surface area contributed by atoms with Crippen molar-refractivity contribution in [3.8, 4) is 0 Å². The van der Waals surface area contributed by atoms with E-state index in [0.717, 1.165) is 0 Å². The van der Waals surface area contributed by atoms with Crippen LogP contribution in [0.25, 0.3) is 0 Å². The lowest BCUT2D eigenvalue weighted by Gasteiger charge is -2.04. The van der Waals surface area contributed by atoms with Crippen molar-refractivity contribution in [1.82, 2.24) is 0 Å². The molecule has 6 heteroatoms. The molecule has 0 aromatic heterocycles. The van der Waals surface area contributed by atoms with Crippen LogP contribution in [-0.4, -0.2) is 8.42 Å². The maximum absolute atomic E-state index is 13.3. The van der Waals surface area contributed by atoms with Crippen molar-refractivity contribution < 1.29 is 12.8 Å². The van der Waals surface area contributed by atoms with Crippen LogP contribution in [0.5, 0.6) is 0 Å². The fraction of sp³-hybridized carbons (Fsp3) is 0.250. The van der Waals surface area contributed by atoms with E-state index < -0.39 is 20.6 Å². The van der Waals surface area contributed by atoms with E-state index in [9.17, 15) is 12.8 Å². The van der Waals surface area contributed by atoms with Crippen LogP contribution in [0.1, 0.15) is 11.1 Å². The highest BCUT2D eigenvalue weighted by Crippen LogP contribution is 2.23. The van der Waals surface area contributed by atoms with E-state index in [4.69, 9.17) is 22.3 Å². The summed E-state index contributed by atoms with van der Waals surface area (Å²) in [5, 5.41) is -0.0969. The summed E-state index contributed by atoms with van der Waals surface area (Å²) in [5.41, 5.74) is 0.678. The molecule has 1 aromatic carbocycles. The summed E-state index contributed by atoms with van der Waals surface area (Å²) in [4.78, 5) is 0. The second-order valence-corrected chi connectivity index (χ2v) is 6.09. The number of aryl methyl sites for hydroxylation is 1. The lowest BCUT2D eigenvalue weighted by Crippen LogP contribution is -1.99. The van der Waals surface area contributed by atoms with Gasteiger partial charge in [0.15, 0.2) is 0 Å². The summed E-state index contributed by atoms with van der Waals surface area (Å²) >= 11 is 5.54.